The lowest BCUT2D eigenvalue weighted by Crippen LogP contribution is -2.36. The zero-order valence-corrected chi connectivity index (χ0v) is 14.4. The first-order chi connectivity index (χ1) is 11.9. The molecule has 0 bridgehead atoms. The van der Waals surface area contributed by atoms with Gasteiger partial charge < -0.3 is 19.9 Å². The maximum absolute atomic E-state index is 12.3. The number of nitrogens with one attached hydrogen (secondary N) is 1. The lowest BCUT2D eigenvalue weighted by molar-refractivity contribution is -0.153. The standard InChI is InChI=1S/C18H26F3NO3/c1-24-17-9-13(7-8-16(17)25-12-18(19,20)21)10-22-15-6-4-2-3-5-14(15)11-23/h7-9,14-15,22-23H,2-6,10-12H2,1H3/t14-,15-/m1/s1. The summed E-state index contributed by atoms with van der Waals surface area (Å²) < 4.78 is 46.8. The summed E-state index contributed by atoms with van der Waals surface area (Å²) in [5, 5.41) is 13.0. The first-order valence-electron chi connectivity index (χ1n) is 8.63. The van der Waals surface area contributed by atoms with Gasteiger partial charge in [-0.1, -0.05) is 25.3 Å². The molecule has 0 saturated heterocycles. The highest BCUT2D eigenvalue weighted by Crippen LogP contribution is 2.30. The Bertz CT molecular complexity index is 537. The van der Waals surface area contributed by atoms with E-state index in [1.165, 1.54) is 19.6 Å². The molecule has 0 aliphatic heterocycles. The molecule has 0 spiro atoms. The van der Waals surface area contributed by atoms with E-state index in [0.717, 1.165) is 31.2 Å². The van der Waals surface area contributed by atoms with Gasteiger partial charge in [-0.05, 0) is 36.5 Å². The van der Waals surface area contributed by atoms with Crippen LogP contribution in [0.2, 0.25) is 0 Å². The van der Waals surface area contributed by atoms with Crippen molar-refractivity contribution in [3.8, 4) is 11.5 Å². The molecule has 0 radical (unpaired) electrons. The fourth-order valence-corrected chi connectivity index (χ4v) is 3.22. The molecule has 25 heavy (non-hydrogen) atoms. The number of rotatable bonds is 7. The number of methoxy groups -OCH3 is 1. The molecule has 1 saturated carbocycles. The van der Waals surface area contributed by atoms with Crippen molar-refractivity contribution in [3.63, 3.8) is 0 Å². The summed E-state index contributed by atoms with van der Waals surface area (Å²) in [4.78, 5) is 0. The van der Waals surface area contributed by atoms with E-state index in [0.29, 0.717) is 6.54 Å². The van der Waals surface area contributed by atoms with Crippen molar-refractivity contribution < 1.29 is 27.8 Å². The van der Waals surface area contributed by atoms with Crippen LogP contribution in [0.15, 0.2) is 18.2 Å². The zero-order chi connectivity index (χ0) is 18.3. The topological polar surface area (TPSA) is 50.7 Å². The Morgan fingerprint density at radius 3 is 2.60 bits per heavy atom. The summed E-state index contributed by atoms with van der Waals surface area (Å²) in [6.45, 7) is -0.608. The molecular weight excluding hydrogens is 335 g/mol. The van der Waals surface area contributed by atoms with Gasteiger partial charge in [-0.3, -0.25) is 0 Å². The third kappa shape index (κ3) is 6.40. The van der Waals surface area contributed by atoms with Crippen molar-refractivity contribution in [1.29, 1.82) is 0 Å². The van der Waals surface area contributed by atoms with Gasteiger partial charge in [0.05, 0.1) is 7.11 Å². The summed E-state index contributed by atoms with van der Waals surface area (Å²) in [6, 6.07) is 5.16. The molecule has 1 aliphatic carbocycles. The van der Waals surface area contributed by atoms with E-state index in [1.54, 1.807) is 12.1 Å². The number of hydrogen-bond acceptors (Lipinski definition) is 4. The molecule has 1 aliphatic rings. The molecule has 2 rings (SSSR count). The van der Waals surface area contributed by atoms with Crippen LogP contribution in [0.3, 0.4) is 0 Å². The van der Waals surface area contributed by atoms with E-state index in [9.17, 15) is 18.3 Å². The van der Waals surface area contributed by atoms with E-state index in [2.05, 4.69) is 5.32 Å². The molecule has 1 aromatic rings. The van der Waals surface area contributed by atoms with Crippen molar-refractivity contribution >= 4 is 0 Å². The van der Waals surface area contributed by atoms with Gasteiger partial charge in [0.15, 0.2) is 18.1 Å². The van der Waals surface area contributed by atoms with Gasteiger partial charge in [-0.25, -0.2) is 0 Å². The molecular formula is C18H26F3NO3. The van der Waals surface area contributed by atoms with E-state index in [4.69, 9.17) is 9.47 Å². The number of halogens is 3. The molecule has 0 aromatic heterocycles. The normalized spacial score (nSPS) is 21.6. The SMILES string of the molecule is COc1cc(CN[C@@H]2CCCCC[C@@H]2CO)ccc1OCC(F)(F)F. The van der Waals surface area contributed by atoms with Gasteiger partial charge in [0.1, 0.15) is 0 Å². The molecule has 2 N–H and O–H groups in total. The van der Waals surface area contributed by atoms with Gasteiger partial charge in [0, 0.05) is 19.2 Å². The molecule has 7 heteroatoms. The van der Waals surface area contributed by atoms with Gasteiger partial charge in [0.2, 0.25) is 0 Å². The molecule has 0 heterocycles. The van der Waals surface area contributed by atoms with Crippen molar-refractivity contribution in [2.75, 3.05) is 20.3 Å². The monoisotopic (exact) mass is 361 g/mol. The van der Waals surface area contributed by atoms with Crippen LogP contribution < -0.4 is 14.8 Å². The second kappa shape index (κ2) is 9.29. The third-order valence-corrected chi connectivity index (χ3v) is 4.58. The van der Waals surface area contributed by atoms with Gasteiger partial charge >= 0.3 is 6.18 Å². The minimum atomic E-state index is -4.38. The number of aliphatic hydroxyl groups excluding tert-OH is 1. The molecule has 142 valence electrons. The minimum absolute atomic E-state index is 0.0753. The Kier molecular flexibility index (Phi) is 7.38. The van der Waals surface area contributed by atoms with Crippen molar-refractivity contribution in [1.82, 2.24) is 5.32 Å². The van der Waals surface area contributed by atoms with Crippen molar-refractivity contribution in [2.24, 2.45) is 5.92 Å². The highest BCUT2D eigenvalue weighted by atomic mass is 19.4. The Morgan fingerprint density at radius 2 is 1.92 bits per heavy atom. The summed E-state index contributed by atoms with van der Waals surface area (Å²) in [7, 11) is 1.40. The number of ether oxygens (including phenoxy) is 2. The lowest BCUT2D eigenvalue weighted by atomic mass is 9.95. The van der Waals surface area contributed by atoms with Crippen LogP contribution in [-0.4, -0.2) is 37.6 Å². The lowest BCUT2D eigenvalue weighted by Gasteiger charge is -2.25. The van der Waals surface area contributed by atoms with Crippen LogP contribution in [0, 0.1) is 5.92 Å². The quantitative estimate of drug-likeness (QED) is 0.728. The van der Waals surface area contributed by atoms with Crippen LogP contribution in [-0.2, 0) is 6.54 Å². The third-order valence-electron chi connectivity index (χ3n) is 4.58. The van der Waals surface area contributed by atoms with Crippen LogP contribution in [0.4, 0.5) is 13.2 Å². The predicted octanol–water partition coefficient (Wildman–Crippen LogP) is 3.67. The Morgan fingerprint density at radius 1 is 1.16 bits per heavy atom. The van der Waals surface area contributed by atoms with Gasteiger partial charge in [-0.15, -0.1) is 0 Å². The molecule has 4 nitrogen and oxygen atoms in total. The largest absolute Gasteiger partial charge is 0.493 e. The van der Waals surface area contributed by atoms with Crippen molar-refractivity contribution in [2.45, 2.75) is 50.9 Å². The Labute approximate surface area is 146 Å². The average molecular weight is 361 g/mol. The molecule has 1 aromatic carbocycles. The summed E-state index contributed by atoms with van der Waals surface area (Å²) in [5.74, 6) is 0.605. The first-order valence-corrected chi connectivity index (χ1v) is 8.63. The van der Waals surface area contributed by atoms with E-state index < -0.39 is 12.8 Å². The van der Waals surface area contributed by atoms with Crippen LogP contribution in [0.1, 0.15) is 37.7 Å². The number of hydrogen-bond donors (Lipinski definition) is 2. The fourth-order valence-electron chi connectivity index (χ4n) is 3.22. The Hall–Kier alpha value is -1.47. The van der Waals surface area contributed by atoms with Crippen LogP contribution in [0.25, 0.3) is 0 Å². The summed E-state index contributed by atoms with van der Waals surface area (Å²) in [5.41, 5.74) is 0.900. The molecule has 1 fully saturated rings. The molecule has 0 amide bonds. The van der Waals surface area contributed by atoms with Crippen molar-refractivity contribution in [3.05, 3.63) is 23.8 Å². The predicted molar refractivity (Wildman–Crippen MR) is 88.8 cm³/mol. The maximum Gasteiger partial charge on any atom is 0.422 e. The summed E-state index contributed by atoms with van der Waals surface area (Å²) in [6.07, 6.45) is 1.12. The zero-order valence-electron chi connectivity index (χ0n) is 14.4. The highest BCUT2D eigenvalue weighted by molar-refractivity contribution is 5.43. The number of aliphatic hydroxyl groups is 1. The Balaban J connectivity index is 1.97. The average Bonchev–Trinajstić information content (AvgIpc) is 2.82. The van der Waals surface area contributed by atoms with E-state index >= 15 is 0 Å². The van der Waals surface area contributed by atoms with E-state index in [-0.39, 0.29) is 30.1 Å². The summed E-state index contributed by atoms with van der Waals surface area (Å²) >= 11 is 0. The van der Waals surface area contributed by atoms with Gasteiger partial charge in [0.25, 0.3) is 0 Å². The van der Waals surface area contributed by atoms with Crippen LogP contribution in [0.5, 0.6) is 11.5 Å². The fraction of sp³-hybridized carbons (Fsp3) is 0.667. The maximum atomic E-state index is 12.3. The molecule has 2 atom stereocenters. The van der Waals surface area contributed by atoms with E-state index in [1.807, 2.05) is 0 Å². The first kappa shape index (κ1) is 19.8. The molecule has 0 unspecified atom stereocenters. The second-order valence-corrected chi connectivity index (χ2v) is 6.46. The second-order valence-electron chi connectivity index (χ2n) is 6.46. The number of benzene rings is 1. The van der Waals surface area contributed by atoms with Gasteiger partial charge in [-0.2, -0.15) is 13.2 Å². The number of alkyl halides is 3. The van der Waals surface area contributed by atoms with Crippen LogP contribution >= 0.6 is 0 Å². The highest BCUT2D eigenvalue weighted by Gasteiger charge is 2.29. The minimum Gasteiger partial charge on any atom is -0.493 e. The smallest absolute Gasteiger partial charge is 0.422 e.